The van der Waals surface area contributed by atoms with Gasteiger partial charge in [-0.3, -0.25) is 9.59 Å². The van der Waals surface area contributed by atoms with Crippen LogP contribution < -0.4 is 5.32 Å². The van der Waals surface area contributed by atoms with Crippen LogP contribution in [0.15, 0.2) is 103 Å². The highest BCUT2D eigenvalue weighted by Gasteiger charge is 2.32. The fourth-order valence-electron chi connectivity index (χ4n) is 5.81. The standard InChI is InChI=1S/C37H37N3O6/c1-24(44-25(2)42)36(43)38-20-30-7-3-4-8-32(30)27-15-17-29(18-16-27)37-45-31(21-40-23-39-33-9-5-6-10-34(33)40)19-35(46-37)28-13-11-26(22-41)12-14-28/h3-18,23-24,31,35,37,41H,19-22H2,1-2H3,(H,38,43)/t24-,31-,35+,37+/m0/s1. The number of hydrogen-bond donors (Lipinski definition) is 2. The van der Waals surface area contributed by atoms with Crippen LogP contribution in [0, 0.1) is 0 Å². The number of aliphatic hydroxyl groups excluding tert-OH is 1. The van der Waals surface area contributed by atoms with Crippen LogP contribution in [0.4, 0.5) is 0 Å². The lowest BCUT2D eigenvalue weighted by atomic mass is 9.97. The largest absolute Gasteiger partial charge is 0.453 e. The number of benzene rings is 4. The monoisotopic (exact) mass is 619 g/mol. The van der Waals surface area contributed by atoms with E-state index in [9.17, 15) is 14.7 Å². The van der Waals surface area contributed by atoms with Crippen LogP contribution in [-0.4, -0.2) is 38.7 Å². The predicted octanol–water partition coefficient (Wildman–Crippen LogP) is 6.01. The van der Waals surface area contributed by atoms with Crippen LogP contribution in [0.25, 0.3) is 22.2 Å². The summed E-state index contributed by atoms with van der Waals surface area (Å²) in [5, 5.41) is 12.4. The molecule has 0 aliphatic carbocycles. The van der Waals surface area contributed by atoms with Crippen molar-refractivity contribution < 1.29 is 28.9 Å². The first-order valence-electron chi connectivity index (χ1n) is 15.4. The number of amides is 1. The van der Waals surface area contributed by atoms with E-state index in [1.54, 1.807) is 6.92 Å². The van der Waals surface area contributed by atoms with Crippen molar-refractivity contribution in [3.63, 3.8) is 0 Å². The molecule has 4 atom stereocenters. The fourth-order valence-corrected chi connectivity index (χ4v) is 5.81. The van der Waals surface area contributed by atoms with Gasteiger partial charge in [-0.2, -0.15) is 0 Å². The van der Waals surface area contributed by atoms with Gasteiger partial charge in [-0.15, -0.1) is 0 Å². The van der Waals surface area contributed by atoms with Crippen LogP contribution >= 0.6 is 0 Å². The van der Waals surface area contributed by atoms with E-state index in [4.69, 9.17) is 14.2 Å². The number of ether oxygens (including phenoxy) is 3. The minimum Gasteiger partial charge on any atom is -0.453 e. The summed E-state index contributed by atoms with van der Waals surface area (Å²) in [6, 6.07) is 31.9. The first kappa shape index (κ1) is 31.2. The highest BCUT2D eigenvalue weighted by atomic mass is 16.7. The third-order valence-electron chi connectivity index (χ3n) is 8.22. The van der Waals surface area contributed by atoms with E-state index >= 15 is 0 Å². The average Bonchev–Trinajstić information content (AvgIpc) is 3.49. The number of nitrogens with one attached hydrogen (secondary N) is 1. The van der Waals surface area contributed by atoms with Gasteiger partial charge in [0.05, 0.1) is 42.7 Å². The Morgan fingerprint density at radius 3 is 2.43 bits per heavy atom. The molecule has 0 radical (unpaired) electrons. The third kappa shape index (κ3) is 7.18. The molecular weight excluding hydrogens is 582 g/mol. The van der Waals surface area contributed by atoms with Crippen LogP contribution in [-0.2, 0) is 43.5 Å². The molecule has 2 N–H and O–H groups in total. The summed E-state index contributed by atoms with van der Waals surface area (Å²) in [6.07, 6.45) is 0.709. The predicted molar refractivity (Wildman–Crippen MR) is 173 cm³/mol. The average molecular weight is 620 g/mol. The van der Waals surface area contributed by atoms with Crippen LogP contribution in [0.2, 0.25) is 0 Å². The number of rotatable bonds is 10. The van der Waals surface area contributed by atoms with Crippen molar-refractivity contribution in [1.29, 1.82) is 0 Å². The summed E-state index contributed by atoms with van der Waals surface area (Å²) in [6.45, 7) is 3.73. The summed E-state index contributed by atoms with van der Waals surface area (Å²) in [5.41, 5.74) is 7.66. The molecule has 1 fully saturated rings. The molecule has 1 saturated heterocycles. The van der Waals surface area contributed by atoms with Crippen LogP contribution in [0.1, 0.15) is 54.9 Å². The van der Waals surface area contributed by atoms with Crippen LogP contribution in [0.3, 0.4) is 0 Å². The molecule has 2 heterocycles. The van der Waals surface area contributed by atoms with Gasteiger partial charge in [0.1, 0.15) is 0 Å². The van der Waals surface area contributed by atoms with E-state index < -0.39 is 18.4 Å². The second kappa shape index (κ2) is 14.1. The maximum Gasteiger partial charge on any atom is 0.303 e. The zero-order chi connectivity index (χ0) is 32.0. The fraction of sp³-hybridized carbons (Fsp3) is 0.270. The molecule has 9 heteroatoms. The van der Waals surface area contributed by atoms with Gasteiger partial charge < -0.3 is 29.2 Å². The molecule has 1 aliphatic rings. The van der Waals surface area contributed by atoms with Gasteiger partial charge in [0.25, 0.3) is 5.91 Å². The number of aliphatic hydroxyl groups is 1. The molecule has 236 valence electrons. The first-order chi connectivity index (χ1) is 22.4. The van der Waals surface area contributed by atoms with Crippen molar-refractivity contribution in [1.82, 2.24) is 14.9 Å². The molecule has 5 aromatic rings. The van der Waals surface area contributed by atoms with Crippen molar-refractivity contribution in [2.45, 2.75) is 64.6 Å². The Balaban J connectivity index is 1.22. The van der Waals surface area contributed by atoms with Crippen molar-refractivity contribution in [2.24, 2.45) is 0 Å². The highest BCUT2D eigenvalue weighted by Crippen LogP contribution is 2.39. The highest BCUT2D eigenvalue weighted by molar-refractivity contribution is 5.83. The van der Waals surface area contributed by atoms with E-state index in [1.165, 1.54) is 6.92 Å². The summed E-state index contributed by atoms with van der Waals surface area (Å²) >= 11 is 0. The molecule has 1 amide bonds. The minimum atomic E-state index is -0.868. The summed E-state index contributed by atoms with van der Waals surface area (Å²) in [4.78, 5) is 28.2. The molecule has 1 aromatic heterocycles. The molecule has 1 aliphatic heterocycles. The summed E-state index contributed by atoms with van der Waals surface area (Å²) < 4.78 is 20.3. The topological polar surface area (TPSA) is 112 Å². The lowest BCUT2D eigenvalue weighted by Gasteiger charge is -2.36. The maximum absolute atomic E-state index is 12.4. The van der Waals surface area contributed by atoms with Crippen molar-refractivity contribution in [2.75, 3.05) is 0 Å². The second-order valence-electron chi connectivity index (χ2n) is 11.5. The number of carbonyl (C=O) groups excluding carboxylic acids is 2. The molecule has 9 nitrogen and oxygen atoms in total. The normalized spacial score (nSPS) is 18.6. The van der Waals surface area contributed by atoms with Gasteiger partial charge in [0.15, 0.2) is 12.4 Å². The summed E-state index contributed by atoms with van der Waals surface area (Å²) in [5.74, 6) is -0.854. The quantitative estimate of drug-likeness (QED) is 0.184. The van der Waals surface area contributed by atoms with Crippen molar-refractivity contribution in [3.05, 3.63) is 126 Å². The van der Waals surface area contributed by atoms with E-state index in [0.717, 1.165) is 44.4 Å². The zero-order valence-electron chi connectivity index (χ0n) is 25.8. The Kier molecular flexibility index (Phi) is 9.54. The number of hydrogen-bond acceptors (Lipinski definition) is 7. The van der Waals surface area contributed by atoms with E-state index in [2.05, 4.69) is 20.9 Å². The number of nitrogens with zero attached hydrogens (tertiary/aromatic N) is 2. The Morgan fingerprint density at radius 1 is 0.957 bits per heavy atom. The number of esters is 1. The van der Waals surface area contributed by atoms with Crippen molar-refractivity contribution in [3.8, 4) is 11.1 Å². The first-order valence-corrected chi connectivity index (χ1v) is 15.4. The number of fused-ring (bicyclic) bond motifs is 1. The SMILES string of the molecule is CC(=O)O[C@@H](C)C(=O)NCc1ccccc1-c1ccc([C@@H]2O[C@H](Cn3cnc4ccccc43)C[C@H](c3ccc(CO)cc3)O2)cc1. The minimum absolute atomic E-state index is 0.0108. The van der Waals surface area contributed by atoms with Gasteiger partial charge >= 0.3 is 5.97 Å². The number of aromatic nitrogens is 2. The maximum atomic E-state index is 12.4. The van der Waals surface area contributed by atoms with Crippen molar-refractivity contribution >= 4 is 22.9 Å². The Morgan fingerprint density at radius 2 is 1.67 bits per heavy atom. The lowest BCUT2D eigenvalue weighted by molar-refractivity contribution is -0.252. The molecular formula is C37H37N3O6. The molecule has 0 spiro atoms. The van der Waals surface area contributed by atoms with E-state index in [1.807, 2.05) is 97.3 Å². The lowest BCUT2D eigenvalue weighted by Crippen LogP contribution is -2.35. The molecule has 0 saturated carbocycles. The van der Waals surface area contributed by atoms with E-state index in [0.29, 0.717) is 19.5 Å². The molecule has 46 heavy (non-hydrogen) atoms. The smallest absolute Gasteiger partial charge is 0.303 e. The van der Waals surface area contributed by atoms with E-state index in [-0.39, 0.29) is 24.7 Å². The van der Waals surface area contributed by atoms with Gasteiger partial charge in [-0.1, -0.05) is 84.9 Å². The second-order valence-corrected chi connectivity index (χ2v) is 11.5. The third-order valence-corrected chi connectivity index (χ3v) is 8.22. The Labute approximate surface area is 267 Å². The Hall–Kier alpha value is -4.83. The zero-order valence-corrected chi connectivity index (χ0v) is 25.8. The Bertz CT molecular complexity index is 1800. The molecule has 0 unspecified atom stereocenters. The molecule has 4 aromatic carbocycles. The number of imidazole rings is 1. The summed E-state index contributed by atoms with van der Waals surface area (Å²) in [7, 11) is 0. The van der Waals surface area contributed by atoms with Gasteiger partial charge in [0, 0.05) is 25.5 Å². The van der Waals surface area contributed by atoms with Gasteiger partial charge in [-0.25, -0.2) is 4.98 Å². The number of para-hydroxylation sites is 2. The van der Waals surface area contributed by atoms with Gasteiger partial charge in [0.2, 0.25) is 0 Å². The van der Waals surface area contributed by atoms with Crippen LogP contribution in [0.5, 0.6) is 0 Å². The van der Waals surface area contributed by atoms with Gasteiger partial charge in [-0.05, 0) is 46.9 Å². The number of carbonyl (C=O) groups is 2. The molecule has 6 rings (SSSR count). The molecule has 0 bridgehead atoms.